The van der Waals surface area contributed by atoms with Crippen LogP contribution in [0.5, 0.6) is 0 Å². The molecule has 0 bridgehead atoms. The normalized spacial score (nSPS) is 27.4. The largest absolute Gasteiger partial charge is 0.481 e. The van der Waals surface area contributed by atoms with Crippen LogP contribution in [0, 0.1) is 25.2 Å². The summed E-state index contributed by atoms with van der Waals surface area (Å²) >= 11 is 0. The molecule has 0 aromatic carbocycles. The van der Waals surface area contributed by atoms with Gasteiger partial charge in [-0.3, -0.25) is 14.7 Å². The Balaban J connectivity index is 1.64. The van der Waals surface area contributed by atoms with E-state index in [0.717, 1.165) is 23.5 Å². The molecule has 7 nitrogen and oxygen atoms in total. The number of likely N-dealkylation sites (tertiary alicyclic amines) is 2. The van der Waals surface area contributed by atoms with Gasteiger partial charge >= 0.3 is 5.97 Å². The highest BCUT2D eigenvalue weighted by Crippen LogP contribution is 2.42. The Morgan fingerprint density at radius 1 is 1.35 bits per heavy atom. The summed E-state index contributed by atoms with van der Waals surface area (Å²) in [6.45, 7) is 6.10. The van der Waals surface area contributed by atoms with Crippen LogP contribution in [0.2, 0.25) is 0 Å². The van der Waals surface area contributed by atoms with Gasteiger partial charge in [0.1, 0.15) is 5.41 Å². The van der Waals surface area contributed by atoms with Gasteiger partial charge in [-0.05, 0) is 26.5 Å². The second kappa shape index (κ2) is 5.63. The summed E-state index contributed by atoms with van der Waals surface area (Å²) < 4.78 is 0. The molecule has 1 aromatic rings. The van der Waals surface area contributed by atoms with Crippen LogP contribution in [-0.4, -0.2) is 70.2 Å². The summed E-state index contributed by atoms with van der Waals surface area (Å²) in [4.78, 5) is 28.1. The van der Waals surface area contributed by atoms with Gasteiger partial charge in [-0.1, -0.05) is 0 Å². The topological polar surface area (TPSA) is 89.5 Å². The maximum Gasteiger partial charge on any atom is 0.313 e. The monoisotopic (exact) mass is 320 g/mol. The molecule has 2 aliphatic heterocycles. The first kappa shape index (κ1) is 16.0. The number of aromatic amines is 1. The zero-order valence-electron chi connectivity index (χ0n) is 13.9. The van der Waals surface area contributed by atoms with E-state index < -0.39 is 11.4 Å². The molecular weight excluding hydrogens is 296 g/mol. The number of carbonyl (C=O) groups excluding carboxylic acids is 1. The number of hydrogen-bond donors (Lipinski definition) is 2. The summed E-state index contributed by atoms with van der Waals surface area (Å²) in [5.74, 6) is -0.716. The van der Waals surface area contributed by atoms with Gasteiger partial charge in [0.2, 0.25) is 5.91 Å². The van der Waals surface area contributed by atoms with E-state index in [1.54, 1.807) is 4.90 Å². The van der Waals surface area contributed by atoms with Crippen LogP contribution >= 0.6 is 0 Å². The van der Waals surface area contributed by atoms with E-state index >= 15 is 0 Å². The van der Waals surface area contributed by atoms with Crippen LogP contribution in [0.1, 0.15) is 23.4 Å². The van der Waals surface area contributed by atoms with E-state index in [9.17, 15) is 14.7 Å². The number of aryl methyl sites for hydroxylation is 2. The highest BCUT2D eigenvalue weighted by molar-refractivity contribution is 5.81. The number of rotatable bonds is 4. The maximum atomic E-state index is 12.5. The molecule has 2 N–H and O–H groups in total. The molecular formula is C16H24N4O3. The molecule has 3 heterocycles. The summed E-state index contributed by atoms with van der Waals surface area (Å²) in [6, 6.07) is 0. The number of aromatic nitrogens is 2. The van der Waals surface area contributed by atoms with Gasteiger partial charge in [-0.2, -0.15) is 5.10 Å². The van der Waals surface area contributed by atoms with E-state index in [1.165, 1.54) is 0 Å². The molecule has 0 aliphatic carbocycles. The van der Waals surface area contributed by atoms with Crippen LogP contribution in [0.25, 0.3) is 0 Å². The van der Waals surface area contributed by atoms with Gasteiger partial charge in [-0.25, -0.2) is 0 Å². The first-order chi connectivity index (χ1) is 10.8. The van der Waals surface area contributed by atoms with E-state index in [-0.39, 0.29) is 11.8 Å². The lowest BCUT2D eigenvalue weighted by molar-refractivity contribution is -0.149. The van der Waals surface area contributed by atoms with Crippen LogP contribution in [0.4, 0.5) is 0 Å². The quantitative estimate of drug-likeness (QED) is 0.840. The van der Waals surface area contributed by atoms with E-state index in [0.29, 0.717) is 32.5 Å². The lowest BCUT2D eigenvalue weighted by Crippen LogP contribution is -2.41. The Morgan fingerprint density at radius 2 is 2.09 bits per heavy atom. The predicted octanol–water partition coefficient (Wildman–Crippen LogP) is 0.434. The number of amides is 1. The molecule has 23 heavy (non-hydrogen) atoms. The predicted molar refractivity (Wildman–Crippen MR) is 84.0 cm³/mol. The Labute approximate surface area is 135 Å². The molecule has 7 heteroatoms. The average Bonchev–Trinajstić information content (AvgIpc) is 3.09. The Morgan fingerprint density at radius 3 is 2.65 bits per heavy atom. The molecule has 2 fully saturated rings. The van der Waals surface area contributed by atoms with Gasteiger partial charge in [0.05, 0.1) is 5.69 Å². The molecule has 1 amide bonds. The molecule has 2 atom stereocenters. The van der Waals surface area contributed by atoms with Crippen molar-refractivity contribution in [2.75, 3.05) is 33.2 Å². The summed E-state index contributed by atoms with van der Waals surface area (Å²) in [6.07, 6.45) is 0.972. The molecule has 1 aromatic heterocycles. The highest BCUT2D eigenvalue weighted by Gasteiger charge is 2.57. The standard InChI is InChI=1S/C16H24N4O3/c1-10-11(2)17-18-13(10)4-5-14(21)20-7-12-6-19(3)8-16(12,9-20)15(22)23/h12H,4-9H2,1-3H3,(H,17,18)(H,22,23)/t12-,16-/m0/s1. The number of H-pyrrole nitrogens is 1. The van der Waals surface area contributed by atoms with Crippen molar-refractivity contribution in [1.29, 1.82) is 0 Å². The molecule has 2 saturated heterocycles. The zero-order chi connectivity index (χ0) is 16.8. The van der Waals surface area contributed by atoms with E-state index in [2.05, 4.69) is 15.1 Å². The third kappa shape index (κ3) is 2.63. The summed E-state index contributed by atoms with van der Waals surface area (Å²) in [5, 5.41) is 16.8. The lowest BCUT2D eigenvalue weighted by Gasteiger charge is -2.24. The SMILES string of the molecule is Cc1[nH]nc(CCC(=O)N2C[C@@H]3CN(C)C[C@]3(C(=O)O)C2)c1C. The molecule has 3 rings (SSSR count). The molecule has 0 radical (unpaired) electrons. The molecule has 126 valence electrons. The number of carbonyl (C=O) groups is 2. The summed E-state index contributed by atoms with van der Waals surface area (Å²) in [5.41, 5.74) is 2.25. The van der Waals surface area contributed by atoms with Crippen molar-refractivity contribution in [3.8, 4) is 0 Å². The minimum Gasteiger partial charge on any atom is -0.481 e. The van der Waals surface area contributed by atoms with E-state index in [1.807, 2.05) is 20.9 Å². The van der Waals surface area contributed by atoms with Gasteiger partial charge in [0.15, 0.2) is 0 Å². The fourth-order valence-electron chi connectivity index (χ4n) is 3.97. The highest BCUT2D eigenvalue weighted by atomic mass is 16.4. The number of carboxylic acid groups (broad SMARTS) is 1. The number of carboxylic acids is 1. The minimum absolute atomic E-state index is 0.0303. The second-order valence-corrected chi connectivity index (χ2v) is 7.05. The Kier molecular flexibility index (Phi) is 3.91. The third-order valence-electron chi connectivity index (χ3n) is 5.49. The van der Waals surface area contributed by atoms with Crippen molar-refractivity contribution in [3.63, 3.8) is 0 Å². The van der Waals surface area contributed by atoms with Crippen LogP contribution in [0.3, 0.4) is 0 Å². The van der Waals surface area contributed by atoms with Crippen molar-refractivity contribution in [1.82, 2.24) is 20.0 Å². The van der Waals surface area contributed by atoms with E-state index in [4.69, 9.17) is 0 Å². The fraction of sp³-hybridized carbons (Fsp3) is 0.688. The smallest absolute Gasteiger partial charge is 0.313 e. The first-order valence-corrected chi connectivity index (χ1v) is 8.03. The maximum absolute atomic E-state index is 12.5. The Bertz CT molecular complexity index is 641. The van der Waals surface area contributed by atoms with Gasteiger partial charge in [-0.15, -0.1) is 0 Å². The second-order valence-electron chi connectivity index (χ2n) is 7.05. The zero-order valence-corrected chi connectivity index (χ0v) is 13.9. The summed E-state index contributed by atoms with van der Waals surface area (Å²) in [7, 11) is 1.94. The number of fused-ring (bicyclic) bond motifs is 1. The van der Waals surface area contributed by atoms with Crippen molar-refractivity contribution in [2.45, 2.75) is 26.7 Å². The van der Waals surface area contributed by atoms with Crippen LogP contribution in [-0.2, 0) is 16.0 Å². The van der Waals surface area contributed by atoms with Gasteiger partial charge < -0.3 is 14.9 Å². The number of nitrogens with zero attached hydrogens (tertiary/aromatic N) is 3. The fourth-order valence-corrected chi connectivity index (χ4v) is 3.97. The van der Waals surface area contributed by atoms with Crippen molar-refractivity contribution < 1.29 is 14.7 Å². The molecule has 2 aliphatic rings. The van der Waals surface area contributed by atoms with Crippen molar-refractivity contribution in [3.05, 3.63) is 17.0 Å². The minimum atomic E-state index is -0.788. The number of aliphatic carboxylic acids is 1. The van der Waals surface area contributed by atoms with Gasteiger partial charge in [0, 0.05) is 50.6 Å². The number of hydrogen-bond acceptors (Lipinski definition) is 4. The number of nitrogens with one attached hydrogen (secondary N) is 1. The average molecular weight is 320 g/mol. The van der Waals surface area contributed by atoms with Crippen molar-refractivity contribution in [2.24, 2.45) is 11.3 Å². The molecule has 0 unspecified atom stereocenters. The molecule has 0 saturated carbocycles. The van der Waals surface area contributed by atoms with Gasteiger partial charge in [0.25, 0.3) is 0 Å². The van der Waals surface area contributed by atoms with Crippen LogP contribution in [0.15, 0.2) is 0 Å². The Hall–Kier alpha value is -1.89. The third-order valence-corrected chi connectivity index (χ3v) is 5.49. The van der Waals surface area contributed by atoms with Crippen molar-refractivity contribution >= 4 is 11.9 Å². The lowest BCUT2D eigenvalue weighted by atomic mass is 9.81. The van der Waals surface area contributed by atoms with Crippen LogP contribution < -0.4 is 0 Å². The first-order valence-electron chi connectivity index (χ1n) is 8.03. The molecule has 0 spiro atoms.